The Morgan fingerprint density at radius 1 is 1.35 bits per heavy atom. The second-order valence-corrected chi connectivity index (χ2v) is 4.37. The zero-order chi connectivity index (χ0) is 11.8. The SMILES string of the molecule is N[C@H]1CCN(C(=O)c2ccc3c(c2)OCO3)C1. The van der Waals surface area contributed by atoms with Gasteiger partial charge in [-0.05, 0) is 24.6 Å². The van der Waals surface area contributed by atoms with E-state index >= 15 is 0 Å². The van der Waals surface area contributed by atoms with Crippen molar-refractivity contribution in [3.05, 3.63) is 23.8 Å². The molecular weight excluding hydrogens is 220 g/mol. The zero-order valence-electron chi connectivity index (χ0n) is 9.39. The Hall–Kier alpha value is -1.75. The van der Waals surface area contributed by atoms with Crippen LogP contribution in [0.4, 0.5) is 0 Å². The Balaban J connectivity index is 1.82. The molecule has 1 amide bonds. The van der Waals surface area contributed by atoms with Crippen LogP contribution in [0.2, 0.25) is 0 Å². The Morgan fingerprint density at radius 3 is 2.94 bits per heavy atom. The van der Waals surface area contributed by atoms with Crippen LogP contribution >= 0.6 is 0 Å². The lowest BCUT2D eigenvalue weighted by Crippen LogP contribution is -2.31. The summed E-state index contributed by atoms with van der Waals surface area (Å²) in [7, 11) is 0. The van der Waals surface area contributed by atoms with Crippen molar-refractivity contribution in [3.63, 3.8) is 0 Å². The van der Waals surface area contributed by atoms with Crippen molar-refractivity contribution in [2.45, 2.75) is 12.5 Å². The van der Waals surface area contributed by atoms with Gasteiger partial charge in [0, 0.05) is 24.7 Å². The summed E-state index contributed by atoms with van der Waals surface area (Å²) in [4.78, 5) is 13.9. The largest absolute Gasteiger partial charge is 0.454 e. The van der Waals surface area contributed by atoms with E-state index < -0.39 is 0 Å². The van der Waals surface area contributed by atoms with Crippen LogP contribution in [0.25, 0.3) is 0 Å². The van der Waals surface area contributed by atoms with Crippen LogP contribution in [0.3, 0.4) is 0 Å². The maximum absolute atomic E-state index is 12.2. The summed E-state index contributed by atoms with van der Waals surface area (Å²) in [6.45, 7) is 1.59. The highest BCUT2D eigenvalue weighted by Crippen LogP contribution is 2.32. The fourth-order valence-electron chi connectivity index (χ4n) is 2.18. The van der Waals surface area contributed by atoms with Crippen molar-refractivity contribution in [1.29, 1.82) is 0 Å². The Kier molecular flexibility index (Phi) is 2.40. The third-order valence-electron chi connectivity index (χ3n) is 3.13. The highest BCUT2D eigenvalue weighted by molar-refractivity contribution is 5.95. The molecule has 0 radical (unpaired) electrons. The smallest absolute Gasteiger partial charge is 0.254 e. The molecule has 1 fully saturated rings. The maximum atomic E-state index is 12.2. The van der Waals surface area contributed by atoms with Crippen molar-refractivity contribution in [3.8, 4) is 11.5 Å². The molecule has 3 rings (SSSR count). The van der Waals surface area contributed by atoms with Gasteiger partial charge < -0.3 is 20.1 Å². The summed E-state index contributed by atoms with van der Waals surface area (Å²) in [5, 5.41) is 0. The Morgan fingerprint density at radius 2 is 2.18 bits per heavy atom. The van der Waals surface area contributed by atoms with E-state index in [1.807, 2.05) is 0 Å². The lowest BCUT2D eigenvalue weighted by atomic mass is 10.2. The molecular formula is C12H14N2O3. The minimum Gasteiger partial charge on any atom is -0.454 e. The average molecular weight is 234 g/mol. The van der Waals surface area contributed by atoms with Crippen LogP contribution in [0.1, 0.15) is 16.8 Å². The van der Waals surface area contributed by atoms with Crippen molar-refractivity contribution < 1.29 is 14.3 Å². The first-order chi connectivity index (χ1) is 8.24. The van der Waals surface area contributed by atoms with E-state index in [9.17, 15) is 4.79 Å². The number of amides is 1. The third-order valence-corrected chi connectivity index (χ3v) is 3.13. The Labute approximate surface area is 99.1 Å². The molecule has 0 bridgehead atoms. The molecule has 0 aliphatic carbocycles. The molecule has 1 atom stereocenters. The fourth-order valence-corrected chi connectivity index (χ4v) is 2.18. The number of benzene rings is 1. The standard InChI is InChI=1S/C12H14N2O3/c13-9-3-4-14(6-9)12(15)8-1-2-10-11(5-8)17-7-16-10/h1-2,5,9H,3-4,6-7,13H2/t9-/m0/s1. The van der Waals surface area contributed by atoms with Gasteiger partial charge in [-0.1, -0.05) is 0 Å². The molecule has 0 spiro atoms. The van der Waals surface area contributed by atoms with Gasteiger partial charge >= 0.3 is 0 Å². The third kappa shape index (κ3) is 1.82. The lowest BCUT2D eigenvalue weighted by Gasteiger charge is -2.15. The summed E-state index contributed by atoms with van der Waals surface area (Å²) < 4.78 is 10.5. The molecule has 5 heteroatoms. The van der Waals surface area contributed by atoms with Gasteiger partial charge in [0.05, 0.1) is 0 Å². The van der Waals surface area contributed by atoms with Crippen molar-refractivity contribution in [1.82, 2.24) is 4.90 Å². The number of carbonyl (C=O) groups is 1. The van der Waals surface area contributed by atoms with Crippen molar-refractivity contribution in [2.24, 2.45) is 5.73 Å². The summed E-state index contributed by atoms with van der Waals surface area (Å²) in [6, 6.07) is 5.37. The second kappa shape index (κ2) is 3.92. The van der Waals surface area contributed by atoms with Crippen LogP contribution in [-0.2, 0) is 0 Å². The molecule has 2 aliphatic heterocycles. The normalized spacial score (nSPS) is 21.9. The summed E-state index contributed by atoms with van der Waals surface area (Å²) in [6.07, 6.45) is 0.871. The van der Waals surface area contributed by atoms with Crippen LogP contribution in [0.5, 0.6) is 11.5 Å². The zero-order valence-corrected chi connectivity index (χ0v) is 9.39. The molecule has 17 heavy (non-hydrogen) atoms. The van der Waals surface area contributed by atoms with E-state index in [-0.39, 0.29) is 18.7 Å². The van der Waals surface area contributed by atoms with Gasteiger partial charge in [-0.25, -0.2) is 0 Å². The first-order valence-electron chi connectivity index (χ1n) is 5.68. The quantitative estimate of drug-likeness (QED) is 0.772. The van der Waals surface area contributed by atoms with E-state index in [4.69, 9.17) is 15.2 Å². The first-order valence-corrected chi connectivity index (χ1v) is 5.68. The predicted molar refractivity (Wildman–Crippen MR) is 61.1 cm³/mol. The van der Waals surface area contributed by atoms with Gasteiger partial charge in [0.15, 0.2) is 11.5 Å². The van der Waals surface area contributed by atoms with Gasteiger partial charge in [0.1, 0.15) is 0 Å². The monoisotopic (exact) mass is 234 g/mol. The molecule has 1 aromatic carbocycles. The minimum atomic E-state index is 0.0104. The van der Waals surface area contributed by atoms with Gasteiger partial charge in [0.25, 0.3) is 5.91 Å². The number of hydrogen-bond acceptors (Lipinski definition) is 4. The average Bonchev–Trinajstić information content (AvgIpc) is 2.95. The van der Waals surface area contributed by atoms with Crippen molar-refractivity contribution >= 4 is 5.91 Å². The molecule has 2 N–H and O–H groups in total. The number of nitrogens with zero attached hydrogens (tertiary/aromatic N) is 1. The summed E-state index contributed by atoms with van der Waals surface area (Å²) >= 11 is 0. The second-order valence-electron chi connectivity index (χ2n) is 4.37. The van der Waals surface area contributed by atoms with E-state index in [1.165, 1.54) is 0 Å². The molecule has 2 heterocycles. The van der Waals surface area contributed by atoms with E-state index in [1.54, 1.807) is 23.1 Å². The number of rotatable bonds is 1. The minimum absolute atomic E-state index is 0.0104. The van der Waals surface area contributed by atoms with Gasteiger partial charge in [0.2, 0.25) is 6.79 Å². The van der Waals surface area contributed by atoms with E-state index in [2.05, 4.69) is 0 Å². The highest BCUT2D eigenvalue weighted by Gasteiger charge is 2.25. The van der Waals surface area contributed by atoms with Gasteiger partial charge in [-0.3, -0.25) is 4.79 Å². The first kappa shape index (κ1) is 10.4. The molecule has 0 aromatic heterocycles. The van der Waals surface area contributed by atoms with Crippen LogP contribution in [0.15, 0.2) is 18.2 Å². The molecule has 5 nitrogen and oxygen atoms in total. The molecule has 90 valence electrons. The molecule has 2 aliphatic rings. The van der Waals surface area contributed by atoms with Crippen LogP contribution in [0, 0.1) is 0 Å². The number of fused-ring (bicyclic) bond motifs is 1. The lowest BCUT2D eigenvalue weighted by molar-refractivity contribution is 0.0790. The number of carbonyl (C=O) groups excluding carboxylic acids is 1. The maximum Gasteiger partial charge on any atom is 0.254 e. The molecule has 1 saturated heterocycles. The van der Waals surface area contributed by atoms with E-state index in [0.29, 0.717) is 23.6 Å². The Bertz CT molecular complexity index is 461. The number of ether oxygens (including phenoxy) is 2. The van der Waals surface area contributed by atoms with E-state index in [0.717, 1.165) is 13.0 Å². The predicted octanol–water partition coefficient (Wildman–Crippen LogP) is 0.588. The number of nitrogens with two attached hydrogens (primary N) is 1. The summed E-state index contributed by atoms with van der Waals surface area (Å²) in [5.74, 6) is 1.34. The number of likely N-dealkylation sites (tertiary alicyclic amines) is 1. The van der Waals surface area contributed by atoms with Gasteiger partial charge in [-0.15, -0.1) is 0 Å². The van der Waals surface area contributed by atoms with Crippen molar-refractivity contribution in [2.75, 3.05) is 19.9 Å². The summed E-state index contributed by atoms with van der Waals surface area (Å²) in [5.41, 5.74) is 6.42. The van der Waals surface area contributed by atoms with Gasteiger partial charge in [-0.2, -0.15) is 0 Å². The highest BCUT2D eigenvalue weighted by atomic mass is 16.7. The molecule has 0 saturated carbocycles. The number of hydrogen-bond donors (Lipinski definition) is 1. The van der Waals surface area contributed by atoms with Crippen LogP contribution < -0.4 is 15.2 Å². The van der Waals surface area contributed by atoms with Crippen LogP contribution in [-0.4, -0.2) is 36.7 Å². The molecule has 1 aromatic rings. The molecule has 0 unspecified atom stereocenters. The fraction of sp³-hybridized carbons (Fsp3) is 0.417. The topological polar surface area (TPSA) is 64.8 Å².